The number of hydrogen-bond donors (Lipinski definition) is 1. The predicted octanol–water partition coefficient (Wildman–Crippen LogP) is 6.20. The monoisotopic (exact) mass is 434 g/mol. The highest BCUT2D eigenvalue weighted by molar-refractivity contribution is 8.07. The van der Waals surface area contributed by atoms with Crippen LogP contribution in [0, 0.1) is 0 Å². The van der Waals surface area contributed by atoms with Crippen LogP contribution in [0.25, 0.3) is 0 Å². The molecule has 0 aromatic rings. The number of esters is 1. The van der Waals surface area contributed by atoms with Gasteiger partial charge < -0.3 is 14.2 Å². The summed E-state index contributed by atoms with van der Waals surface area (Å²) in [5.41, 5.74) is 0. The lowest BCUT2D eigenvalue weighted by Crippen LogP contribution is -2.20. The summed E-state index contributed by atoms with van der Waals surface area (Å²) in [4.78, 5) is 21.1. The third-order valence-corrected chi connectivity index (χ3v) is 6.39. The van der Waals surface area contributed by atoms with Crippen LogP contribution in [0.5, 0.6) is 0 Å². The molecule has 1 N–H and O–H groups in total. The average molecular weight is 435 g/mol. The minimum Gasteiger partial charge on any atom is -0.463 e. The van der Waals surface area contributed by atoms with Crippen LogP contribution in [0.3, 0.4) is 0 Å². The van der Waals surface area contributed by atoms with E-state index >= 15 is 0 Å². The highest BCUT2D eigenvalue weighted by Crippen LogP contribution is 2.49. The molecule has 1 saturated heterocycles. The van der Waals surface area contributed by atoms with Crippen molar-refractivity contribution in [1.82, 2.24) is 0 Å². The molecule has 0 aliphatic carbocycles. The van der Waals surface area contributed by atoms with Crippen molar-refractivity contribution in [3.63, 3.8) is 0 Å². The van der Waals surface area contributed by atoms with E-state index < -0.39 is 12.8 Å². The van der Waals surface area contributed by atoms with Crippen molar-refractivity contribution >= 4 is 24.5 Å². The van der Waals surface area contributed by atoms with Crippen LogP contribution in [0.2, 0.25) is 0 Å². The van der Waals surface area contributed by atoms with E-state index in [4.69, 9.17) is 25.6 Å². The van der Waals surface area contributed by atoms with E-state index in [0.717, 1.165) is 19.3 Å². The van der Waals surface area contributed by atoms with Gasteiger partial charge in [-0.1, -0.05) is 70.4 Å². The summed E-state index contributed by atoms with van der Waals surface area (Å²) >= 11 is 4.72. The molecule has 0 radical (unpaired) electrons. The van der Waals surface area contributed by atoms with Gasteiger partial charge in [0.15, 0.2) is 0 Å². The normalized spacial score (nSPS) is 22.1. The first-order valence-electron chi connectivity index (χ1n) is 11.0. The molecule has 1 aliphatic heterocycles. The van der Waals surface area contributed by atoms with Crippen LogP contribution in [0.4, 0.5) is 0 Å². The fourth-order valence-corrected chi connectivity index (χ4v) is 4.56. The number of carbonyl (C=O) groups is 1. The molecule has 2 atom stereocenters. The molecule has 1 fully saturated rings. The number of allylic oxidation sites excluding steroid dienone is 2. The summed E-state index contributed by atoms with van der Waals surface area (Å²) in [7, 11) is 0. The van der Waals surface area contributed by atoms with Crippen molar-refractivity contribution in [2.24, 2.45) is 0 Å². The lowest BCUT2D eigenvalue weighted by molar-refractivity contribution is -0.146. The first-order valence-corrected chi connectivity index (χ1v) is 13.6. The van der Waals surface area contributed by atoms with E-state index in [1.807, 2.05) is 0 Å². The maximum atomic E-state index is 11.7. The van der Waals surface area contributed by atoms with Crippen molar-refractivity contribution in [3.8, 4) is 0 Å². The predicted molar refractivity (Wildman–Crippen MR) is 118 cm³/mol. The van der Waals surface area contributed by atoms with Crippen LogP contribution < -0.4 is 0 Å². The van der Waals surface area contributed by atoms with E-state index in [1.165, 1.54) is 64.2 Å². The molecule has 28 heavy (non-hydrogen) atoms. The zero-order valence-corrected chi connectivity index (χ0v) is 19.2. The topological polar surface area (TPSA) is 65.0 Å². The van der Waals surface area contributed by atoms with Gasteiger partial charge in [-0.25, -0.2) is 0 Å². The van der Waals surface area contributed by atoms with Crippen molar-refractivity contribution in [2.45, 2.75) is 103 Å². The molecule has 0 aromatic heterocycles. The Bertz CT molecular complexity index is 483. The van der Waals surface area contributed by atoms with E-state index in [2.05, 4.69) is 19.1 Å². The molecule has 0 aromatic carbocycles. The van der Waals surface area contributed by atoms with Crippen LogP contribution in [-0.4, -0.2) is 30.2 Å². The van der Waals surface area contributed by atoms with Gasteiger partial charge in [-0.15, -0.1) is 0 Å². The maximum Gasteiger partial charge on any atom is 0.325 e. The molecule has 164 valence electrons. The zero-order valence-electron chi connectivity index (χ0n) is 17.5. The summed E-state index contributed by atoms with van der Waals surface area (Å²) in [5, 5.41) is 0. The van der Waals surface area contributed by atoms with E-state index in [0.29, 0.717) is 6.42 Å². The Hall–Kier alpha value is -0.260. The molecule has 0 saturated carbocycles. The van der Waals surface area contributed by atoms with Crippen molar-refractivity contribution in [2.75, 3.05) is 13.2 Å². The minimum absolute atomic E-state index is 0.100. The van der Waals surface area contributed by atoms with Crippen LogP contribution in [0.15, 0.2) is 12.2 Å². The molecule has 1 aliphatic rings. The van der Waals surface area contributed by atoms with Gasteiger partial charge in [0.05, 0.1) is 6.61 Å². The number of unbranched alkanes of at least 4 members (excludes halogenated alkanes) is 11. The summed E-state index contributed by atoms with van der Waals surface area (Å²) in [5.74, 6) is -0.223. The third-order valence-electron chi connectivity index (χ3n) is 4.78. The lowest BCUT2D eigenvalue weighted by atomic mass is 10.1. The van der Waals surface area contributed by atoms with E-state index in [-0.39, 0.29) is 19.2 Å². The molecule has 0 bridgehead atoms. The first kappa shape index (κ1) is 25.8. The van der Waals surface area contributed by atoms with Crippen molar-refractivity contribution in [1.29, 1.82) is 0 Å². The molecular weight excluding hydrogens is 395 g/mol. The molecule has 5 nitrogen and oxygen atoms in total. The molecule has 0 amide bonds. The smallest absolute Gasteiger partial charge is 0.325 e. The zero-order chi connectivity index (χ0) is 20.5. The molecule has 2 unspecified atom stereocenters. The quantitative estimate of drug-likeness (QED) is 0.127. The Morgan fingerprint density at radius 2 is 1.61 bits per heavy atom. The lowest BCUT2D eigenvalue weighted by Gasteiger charge is -2.09. The SMILES string of the molecule is CCCCCCCC/C=C\CCCCCCCC(=O)OCC1COP(O)(=S)O1. The second-order valence-electron chi connectivity index (χ2n) is 7.51. The number of hydrogen-bond acceptors (Lipinski definition) is 5. The molecule has 1 rings (SSSR count). The van der Waals surface area contributed by atoms with Crippen LogP contribution >= 0.6 is 6.72 Å². The fourth-order valence-electron chi connectivity index (χ4n) is 3.10. The Kier molecular flexibility index (Phi) is 15.2. The summed E-state index contributed by atoms with van der Waals surface area (Å²) in [6.07, 6.45) is 20.7. The highest BCUT2D eigenvalue weighted by atomic mass is 32.5. The Labute approximate surface area is 176 Å². The largest absolute Gasteiger partial charge is 0.463 e. The summed E-state index contributed by atoms with van der Waals surface area (Å²) < 4.78 is 15.2. The van der Waals surface area contributed by atoms with Gasteiger partial charge in [0.1, 0.15) is 12.7 Å². The summed E-state index contributed by atoms with van der Waals surface area (Å²) in [6.45, 7) is -0.531. The standard InChI is InChI=1S/C21H39O5PS/c1-2-3-4-5-6-7-8-9-10-11-12-13-14-15-16-17-21(22)24-18-20-19-25-27(23,28)26-20/h9-10,20H,2-8,11-19H2,1H3,(H,23,28)/b10-9-. The number of ether oxygens (including phenoxy) is 1. The number of carbonyl (C=O) groups excluding carboxylic acids is 1. The van der Waals surface area contributed by atoms with Crippen LogP contribution in [-0.2, 0) is 30.4 Å². The Balaban J connectivity index is 1.81. The van der Waals surface area contributed by atoms with Gasteiger partial charge in [0, 0.05) is 6.42 Å². The molecule has 0 spiro atoms. The first-order chi connectivity index (χ1) is 13.5. The highest BCUT2D eigenvalue weighted by Gasteiger charge is 2.31. The van der Waals surface area contributed by atoms with E-state index in [9.17, 15) is 9.69 Å². The molecule has 7 heteroatoms. The second-order valence-corrected chi connectivity index (χ2v) is 10.3. The molecule has 1 heterocycles. The van der Waals surface area contributed by atoms with Gasteiger partial charge >= 0.3 is 12.7 Å². The number of rotatable bonds is 17. The average Bonchev–Trinajstić information content (AvgIpc) is 3.02. The van der Waals surface area contributed by atoms with Crippen molar-refractivity contribution in [3.05, 3.63) is 12.2 Å². The maximum absolute atomic E-state index is 11.7. The van der Waals surface area contributed by atoms with Gasteiger partial charge in [-0.2, -0.15) is 0 Å². The Morgan fingerprint density at radius 1 is 1.04 bits per heavy atom. The van der Waals surface area contributed by atoms with Gasteiger partial charge in [-0.05, 0) is 43.9 Å². The van der Waals surface area contributed by atoms with Crippen molar-refractivity contribution < 1.29 is 23.5 Å². The Morgan fingerprint density at radius 3 is 2.18 bits per heavy atom. The van der Waals surface area contributed by atoms with Gasteiger partial charge in [0.25, 0.3) is 0 Å². The van der Waals surface area contributed by atoms with Gasteiger partial charge in [-0.3, -0.25) is 9.32 Å². The molecular formula is C21H39O5PS. The fraction of sp³-hybridized carbons (Fsp3) is 0.857. The van der Waals surface area contributed by atoms with E-state index in [1.54, 1.807) is 0 Å². The summed E-state index contributed by atoms with van der Waals surface area (Å²) in [6, 6.07) is 0. The van der Waals surface area contributed by atoms with Gasteiger partial charge in [0.2, 0.25) is 0 Å². The second kappa shape index (κ2) is 16.5. The third kappa shape index (κ3) is 14.7. The van der Waals surface area contributed by atoms with Crippen LogP contribution in [0.1, 0.15) is 96.8 Å². The minimum atomic E-state index is -3.08.